The van der Waals surface area contributed by atoms with Crippen LogP contribution in [0.3, 0.4) is 0 Å². The molecule has 0 N–H and O–H groups in total. The Morgan fingerprint density at radius 3 is 1.71 bits per heavy atom. The van der Waals surface area contributed by atoms with Gasteiger partial charge in [-0.25, -0.2) is 0 Å². The van der Waals surface area contributed by atoms with Gasteiger partial charge >= 0.3 is 0 Å². The van der Waals surface area contributed by atoms with Crippen LogP contribution in [-0.2, 0) is 0 Å². The summed E-state index contributed by atoms with van der Waals surface area (Å²) in [7, 11) is 0. The van der Waals surface area contributed by atoms with Crippen molar-refractivity contribution in [3.05, 3.63) is 253 Å². The van der Waals surface area contributed by atoms with E-state index in [1.54, 1.807) is 0 Å². The minimum atomic E-state index is 0.119. The molecule has 11 aromatic carbocycles. The Bertz CT molecular complexity index is 4050. The third kappa shape index (κ3) is 5.47. The van der Waals surface area contributed by atoms with Crippen molar-refractivity contribution >= 4 is 65.2 Å². The van der Waals surface area contributed by atoms with Gasteiger partial charge in [-0.1, -0.05) is 176 Å². The molecule has 1 unspecified atom stereocenters. The average molecular weight is 825 g/mol. The highest BCUT2D eigenvalue weighted by Gasteiger charge is 2.32. The van der Waals surface area contributed by atoms with Gasteiger partial charge < -0.3 is 9.13 Å². The molecule has 2 nitrogen and oxygen atoms in total. The second-order valence-corrected chi connectivity index (χ2v) is 17.6. The van der Waals surface area contributed by atoms with Gasteiger partial charge in [0.1, 0.15) is 0 Å². The Labute approximate surface area is 376 Å². The summed E-state index contributed by atoms with van der Waals surface area (Å²) in [6.45, 7) is 0. The molecular weight excluding hydrogens is 785 g/mol. The molecule has 0 radical (unpaired) electrons. The summed E-state index contributed by atoms with van der Waals surface area (Å²) >= 11 is 0. The molecule has 2 aromatic heterocycles. The van der Waals surface area contributed by atoms with E-state index in [1.807, 2.05) is 0 Å². The van der Waals surface area contributed by atoms with Crippen LogP contribution in [0.25, 0.3) is 110 Å². The largest absolute Gasteiger partial charge is 0.309 e. The van der Waals surface area contributed by atoms with E-state index in [4.69, 9.17) is 0 Å². The summed E-state index contributed by atoms with van der Waals surface area (Å²) in [6.07, 6.45) is 0. The van der Waals surface area contributed by atoms with Gasteiger partial charge in [-0.05, 0) is 127 Å². The highest BCUT2D eigenvalue weighted by atomic mass is 15.0. The molecule has 65 heavy (non-hydrogen) atoms. The van der Waals surface area contributed by atoms with E-state index < -0.39 is 0 Å². The molecule has 0 amide bonds. The highest BCUT2D eigenvalue weighted by molar-refractivity contribution is 6.15. The molecule has 0 bridgehead atoms. The second-order valence-electron chi connectivity index (χ2n) is 17.6. The molecule has 2 heteroatoms. The van der Waals surface area contributed by atoms with E-state index in [-0.39, 0.29) is 5.92 Å². The van der Waals surface area contributed by atoms with Crippen molar-refractivity contribution in [3.8, 4) is 44.8 Å². The molecule has 13 aromatic rings. The molecule has 1 aliphatic carbocycles. The molecule has 0 aliphatic heterocycles. The third-order valence-electron chi connectivity index (χ3n) is 14.2. The van der Waals surface area contributed by atoms with Crippen molar-refractivity contribution in [2.45, 2.75) is 5.92 Å². The van der Waals surface area contributed by atoms with E-state index in [0.29, 0.717) is 0 Å². The van der Waals surface area contributed by atoms with E-state index in [1.165, 1.54) is 127 Å². The van der Waals surface area contributed by atoms with Crippen LogP contribution in [-0.4, -0.2) is 9.13 Å². The first kappa shape index (κ1) is 36.1. The lowest BCUT2D eigenvalue weighted by Gasteiger charge is -2.16. The highest BCUT2D eigenvalue weighted by Crippen LogP contribution is 2.51. The molecule has 1 aliphatic rings. The predicted molar refractivity (Wildman–Crippen MR) is 274 cm³/mol. The van der Waals surface area contributed by atoms with Gasteiger partial charge in [-0.3, -0.25) is 0 Å². The van der Waals surface area contributed by atoms with Crippen molar-refractivity contribution in [1.82, 2.24) is 9.13 Å². The van der Waals surface area contributed by atoms with E-state index in [2.05, 4.69) is 246 Å². The summed E-state index contributed by atoms with van der Waals surface area (Å²) in [5, 5.41) is 9.98. The van der Waals surface area contributed by atoms with Crippen LogP contribution in [0.5, 0.6) is 0 Å². The molecule has 1 atom stereocenters. The summed E-state index contributed by atoms with van der Waals surface area (Å²) in [6, 6.07) is 87.9. The fraction of sp³-hybridized carbons (Fsp3) is 0.0159. The number of hydrogen-bond acceptors (Lipinski definition) is 0. The Kier molecular flexibility index (Phi) is 7.78. The molecule has 2 heterocycles. The van der Waals surface area contributed by atoms with Gasteiger partial charge in [0.05, 0.1) is 27.8 Å². The molecule has 0 saturated heterocycles. The minimum Gasteiger partial charge on any atom is -0.309 e. The molecule has 0 spiro atoms. The number of hydrogen-bond donors (Lipinski definition) is 0. The smallest absolute Gasteiger partial charge is 0.0544 e. The lowest BCUT2D eigenvalue weighted by atomic mass is 9.88. The van der Waals surface area contributed by atoms with Crippen LogP contribution >= 0.6 is 0 Å². The van der Waals surface area contributed by atoms with Crippen LogP contribution in [0.1, 0.15) is 22.6 Å². The van der Waals surface area contributed by atoms with Crippen LogP contribution < -0.4 is 0 Å². The quantitative estimate of drug-likeness (QED) is 0.164. The van der Waals surface area contributed by atoms with E-state index in [0.717, 1.165) is 0 Å². The Balaban J connectivity index is 0.980. The zero-order chi connectivity index (χ0) is 42.6. The zero-order valence-corrected chi connectivity index (χ0v) is 35.5. The first-order chi connectivity index (χ1) is 32.2. The van der Waals surface area contributed by atoms with Crippen molar-refractivity contribution in [3.63, 3.8) is 0 Å². The molecule has 302 valence electrons. The second kappa shape index (κ2) is 14.0. The number of fused-ring (bicyclic) bond motifs is 11. The van der Waals surface area contributed by atoms with Crippen LogP contribution in [0.2, 0.25) is 0 Å². The average Bonchev–Trinajstić information content (AvgIpc) is 4.00. The number of para-hydroxylation sites is 1. The van der Waals surface area contributed by atoms with Crippen molar-refractivity contribution in [2.75, 3.05) is 0 Å². The van der Waals surface area contributed by atoms with Gasteiger partial charge in [0.15, 0.2) is 0 Å². The molecule has 0 saturated carbocycles. The van der Waals surface area contributed by atoms with E-state index in [9.17, 15) is 0 Å². The van der Waals surface area contributed by atoms with Crippen molar-refractivity contribution in [2.24, 2.45) is 0 Å². The van der Waals surface area contributed by atoms with Crippen molar-refractivity contribution < 1.29 is 0 Å². The maximum Gasteiger partial charge on any atom is 0.0544 e. The summed E-state index contributed by atoms with van der Waals surface area (Å²) < 4.78 is 4.95. The summed E-state index contributed by atoms with van der Waals surface area (Å²) in [5.41, 5.74) is 18.7. The van der Waals surface area contributed by atoms with Crippen LogP contribution in [0.15, 0.2) is 237 Å². The molecular formula is C63H40N2. The van der Waals surface area contributed by atoms with Gasteiger partial charge in [-0.2, -0.15) is 0 Å². The normalized spacial score (nSPS) is 13.4. The number of benzene rings is 11. The number of rotatable bonds is 5. The standard InChI is InChI=1S/C63H40N2/c1-2-13-40(14-3-1)42-25-27-44(28-26-42)63-52-22-9-8-20-50(52)53-38-56-55-37-47(31-34-61(55)65(62(56)39-57(53)63)58-24-12-18-43-16-6-7-19-49(43)58)46-30-33-60-54(36-46)51-21-10-11-23-59(51)64(60)48-32-29-41-15-4-5-17-45(41)35-48/h1-39,63H. The maximum absolute atomic E-state index is 2.52. The van der Waals surface area contributed by atoms with Gasteiger partial charge in [0, 0.05) is 38.5 Å². The fourth-order valence-electron chi connectivity index (χ4n) is 11.2. The van der Waals surface area contributed by atoms with Crippen LogP contribution in [0, 0.1) is 0 Å². The predicted octanol–water partition coefficient (Wildman–Crippen LogP) is 16.7. The van der Waals surface area contributed by atoms with E-state index >= 15 is 0 Å². The summed E-state index contributed by atoms with van der Waals surface area (Å²) in [4.78, 5) is 0. The van der Waals surface area contributed by atoms with Gasteiger partial charge in [0.2, 0.25) is 0 Å². The zero-order valence-electron chi connectivity index (χ0n) is 35.5. The Morgan fingerprint density at radius 2 is 0.877 bits per heavy atom. The SMILES string of the molecule is c1ccc(-c2ccc(C3c4ccccc4-c4cc5c6cc(-c7ccc8c(c7)c7ccccc7n8-c7ccc8ccccc8c7)ccc6n(-c6cccc7ccccc67)c5cc43)cc2)cc1. The Morgan fingerprint density at radius 1 is 0.277 bits per heavy atom. The lowest BCUT2D eigenvalue weighted by Crippen LogP contribution is -2.00. The maximum atomic E-state index is 2.52. The molecule has 14 rings (SSSR count). The van der Waals surface area contributed by atoms with Crippen molar-refractivity contribution in [1.29, 1.82) is 0 Å². The van der Waals surface area contributed by atoms with Gasteiger partial charge in [-0.15, -0.1) is 0 Å². The third-order valence-corrected chi connectivity index (χ3v) is 14.2. The number of aromatic nitrogens is 2. The monoisotopic (exact) mass is 824 g/mol. The summed E-state index contributed by atoms with van der Waals surface area (Å²) in [5.74, 6) is 0.119. The molecule has 0 fully saturated rings. The van der Waals surface area contributed by atoms with Crippen LogP contribution in [0.4, 0.5) is 0 Å². The fourth-order valence-corrected chi connectivity index (χ4v) is 11.2. The topological polar surface area (TPSA) is 9.86 Å². The first-order valence-electron chi connectivity index (χ1n) is 22.6. The number of nitrogens with zero attached hydrogens (tertiary/aromatic N) is 2. The Hall–Kier alpha value is -8.46. The van der Waals surface area contributed by atoms with Gasteiger partial charge in [0.25, 0.3) is 0 Å². The minimum absolute atomic E-state index is 0.119. The first-order valence-corrected chi connectivity index (χ1v) is 22.6. The lowest BCUT2D eigenvalue weighted by molar-refractivity contribution is 1.02.